The van der Waals surface area contributed by atoms with Gasteiger partial charge in [-0.1, -0.05) is 24.6 Å². The van der Waals surface area contributed by atoms with Crippen LogP contribution >= 0.6 is 23.1 Å². The van der Waals surface area contributed by atoms with E-state index in [4.69, 9.17) is 4.74 Å². The molecule has 0 radical (unpaired) electrons. The van der Waals surface area contributed by atoms with Gasteiger partial charge in [-0.15, -0.1) is 21.5 Å². The third-order valence-corrected chi connectivity index (χ3v) is 7.77. The van der Waals surface area contributed by atoms with Gasteiger partial charge >= 0.3 is 5.97 Å². The number of methoxy groups -OCH3 is 1. The fourth-order valence-electron chi connectivity index (χ4n) is 4.01. The Kier molecular flexibility index (Phi) is 7.77. The van der Waals surface area contributed by atoms with Crippen molar-refractivity contribution in [3.63, 3.8) is 0 Å². The number of thioether (sulfide) groups is 1. The number of aryl methyl sites for hydroxylation is 1. The van der Waals surface area contributed by atoms with E-state index in [-0.39, 0.29) is 17.6 Å². The smallest absolute Gasteiger partial charge is 0.341 e. The number of carbonyl (C=O) groups is 2. The second kappa shape index (κ2) is 10.9. The molecule has 3 aromatic heterocycles. The Morgan fingerprint density at radius 2 is 2.03 bits per heavy atom. The van der Waals surface area contributed by atoms with Crippen LogP contribution in [0.5, 0.6) is 0 Å². The molecule has 0 fully saturated rings. The highest BCUT2D eigenvalue weighted by Gasteiger charge is 2.26. The van der Waals surface area contributed by atoms with E-state index in [2.05, 4.69) is 20.5 Å². The summed E-state index contributed by atoms with van der Waals surface area (Å²) in [5.74, 6) is 0.310. The number of amides is 1. The van der Waals surface area contributed by atoms with Crippen molar-refractivity contribution in [2.45, 2.75) is 57.1 Å². The number of nitrogens with one attached hydrogen (secondary N) is 1. The molecule has 1 aliphatic carbocycles. The summed E-state index contributed by atoms with van der Waals surface area (Å²) in [6, 6.07) is 3.79. The van der Waals surface area contributed by atoms with E-state index in [1.165, 1.54) is 41.5 Å². The van der Waals surface area contributed by atoms with Gasteiger partial charge in [-0.05, 0) is 50.3 Å². The van der Waals surface area contributed by atoms with Crippen molar-refractivity contribution >= 4 is 40.0 Å². The summed E-state index contributed by atoms with van der Waals surface area (Å²) >= 11 is 2.83. The quantitative estimate of drug-likeness (QED) is 0.386. The van der Waals surface area contributed by atoms with Crippen LogP contribution in [0.3, 0.4) is 0 Å². The average Bonchev–Trinajstić information content (AvgIpc) is 3.38. The normalized spacial score (nSPS) is 13.6. The first kappa shape index (κ1) is 23.4. The maximum Gasteiger partial charge on any atom is 0.341 e. The van der Waals surface area contributed by atoms with Gasteiger partial charge in [0.25, 0.3) is 0 Å². The van der Waals surface area contributed by atoms with E-state index < -0.39 is 0 Å². The lowest BCUT2D eigenvalue weighted by molar-refractivity contribution is -0.113. The molecule has 1 amide bonds. The predicted molar refractivity (Wildman–Crippen MR) is 130 cm³/mol. The Labute approximate surface area is 201 Å². The van der Waals surface area contributed by atoms with Gasteiger partial charge in [-0.2, -0.15) is 0 Å². The molecule has 4 rings (SSSR count). The van der Waals surface area contributed by atoms with Crippen LogP contribution in [0.25, 0.3) is 11.4 Å². The summed E-state index contributed by atoms with van der Waals surface area (Å²) in [4.78, 5) is 30.7. The Hall–Kier alpha value is -2.72. The van der Waals surface area contributed by atoms with Gasteiger partial charge in [0.05, 0.1) is 18.4 Å². The molecule has 0 saturated heterocycles. The summed E-state index contributed by atoms with van der Waals surface area (Å²) < 4.78 is 7.01. The summed E-state index contributed by atoms with van der Waals surface area (Å²) in [5.41, 5.74) is 2.44. The highest BCUT2D eigenvalue weighted by molar-refractivity contribution is 7.99. The standard InChI is InChI=1S/C23H27N5O3S2/c1-3-28-20(15-9-8-12-24-13-15)26-27-23(28)32-14-18(29)25-21-19(22(30)31-2)16-10-6-4-5-7-11-17(16)33-21/h8-9,12-13H,3-7,10-11,14H2,1-2H3,(H,25,29). The number of esters is 1. The Morgan fingerprint density at radius 3 is 2.76 bits per heavy atom. The molecule has 0 bridgehead atoms. The number of aromatic nitrogens is 4. The molecule has 0 saturated carbocycles. The third-order valence-electron chi connectivity index (χ3n) is 5.60. The summed E-state index contributed by atoms with van der Waals surface area (Å²) in [6.45, 7) is 2.68. The number of anilines is 1. The average molecular weight is 486 g/mol. The number of ether oxygens (including phenoxy) is 1. The molecular formula is C23H27N5O3S2. The molecule has 3 aromatic rings. The van der Waals surface area contributed by atoms with Gasteiger partial charge in [-0.3, -0.25) is 9.78 Å². The zero-order valence-electron chi connectivity index (χ0n) is 18.8. The number of thiophene rings is 1. The van der Waals surface area contributed by atoms with Gasteiger partial charge in [0, 0.05) is 29.4 Å². The van der Waals surface area contributed by atoms with Crippen LogP contribution in [0.2, 0.25) is 0 Å². The summed E-state index contributed by atoms with van der Waals surface area (Å²) in [7, 11) is 1.38. The van der Waals surface area contributed by atoms with Crippen molar-refractivity contribution < 1.29 is 14.3 Å². The van der Waals surface area contributed by atoms with Crippen molar-refractivity contribution in [3.05, 3.63) is 40.5 Å². The highest BCUT2D eigenvalue weighted by Crippen LogP contribution is 2.37. The molecule has 174 valence electrons. The maximum absolute atomic E-state index is 12.8. The van der Waals surface area contributed by atoms with Crippen LogP contribution in [0.15, 0.2) is 29.7 Å². The van der Waals surface area contributed by atoms with Gasteiger partial charge in [0.15, 0.2) is 11.0 Å². The molecule has 10 heteroatoms. The second-order valence-electron chi connectivity index (χ2n) is 7.74. The van der Waals surface area contributed by atoms with Crippen molar-refractivity contribution in [2.75, 3.05) is 18.2 Å². The van der Waals surface area contributed by atoms with Gasteiger partial charge < -0.3 is 14.6 Å². The van der Waals surface area contributed by atoms with Crippen LogP contribution in [0.4, 0.5) is 5.00 Å². The number of hydrogen-bond acceptors (Lipinski definition) is 8. The lowest BCUT2D eigenvalue weighted by Gasteiger charge is -2.11. The first-order valence-corrected chi connectivity index (χ1v) is 12.9. The molecule has 0 aromatic carbocycles. The second-order valence-corrected chi connectivity index (χ2v) is 9.79. The number of rotatable bonds is 7. The highest BCUT2D eigenvalue weighted by atomic mass is 32.2. The van der Waals surface area contributed by atoms with E-state index in [0.717, 1.165) is 49.1 Å². The number of fused-ring (bicyclic) bond motifs is 1. The van der Waals surface area contributed by atoms with Crippen molar-refractivity contribution in [3.8, 4) is 11.4 Å². The Balaban J connectivity index is 1.49. The van der Waals surface area contributed by atoms with E-state index in [1.807, 2.05) is 23.6 Å². The van der Waals surface area contributed by atoms with E-state index in [1.54, 1.807) is 12.4 Å². The molecule has 0 unspecified atom stereocenters. The molecule has 1 aliphatic rings. The number of pyridine rings is 1. The van der Waals surface area contributed by atoms with Crippen molar-refractivity contribution in [1.29, 1.82) is 0 Å². The number of nitrogens with zero attached hydrogens (tertiary/aromatic N) is 4. The van der Waals surface area contributed by atoms with Gasteiger partial charge in [-0.25, -0.2) is 4.79 Å². The molecule has 33 heavy (non-hydrogen) atoms. The van der Waals surface area contributed by atoms with Gasteiger partial charge in [0.2, 0.25) is 5.91 Å². The lowest BCUT2D eigenvalue weighted by Crippen LogP contribution is -2.17. The van der Waals surface area contributed by atoms with Crippen LogP contribution in [-0.2, 0) is 28.9 Å². The van der Waals surface area contributed by atoms with Crippen LogP contribution < -0.4 is 5.32 Å². The fourth-order valence-corrected chi connectivity index (χ4v) is 6.10. The summed E-state index contributed by atoms with van der Waals surface area (Å²) in [6.07, 6.45) is 9.74. The number of carbonyl (C=O) groups excluding carboxylic acids is 2. The minimum Gasteiger partial charge on any atom is -0.465 e. The SMILES string of the molecule is CCn1c(SCC(=O)Nc2sc3c(c2C(=O)OC)CCCCCC3)nnc1-c1cccnc1. The molecular weight excluding hydrogens is 458 g/mol. The predicted octanol–water partition coefficient (Wildman–Crippen LogP) is 4.60. The van der Waals surface area contributed by atoms with Gasteiger partial charge in [0.1, 0.15) is 5.00 Å². The molecule has 0 aliphatic heterocycles. The van der Waals surface area contributed by atoms with E-state index in [0.29, 0.717) is 22.3 Å². The van der Waals surface area contributed by atoms with E-state index >= 15 is 0 Å². The third kappa shape index (κ3) is 5.27. The fraction of sp³-hybridized carbons (Fsp3) is 0.435. The van der Waals surface area contributed by atoms with Crippen molar-refractivity contribution in [2.24, 2.45) is 0 Å². The van der Waals surface area contributed by atoms with E-state index in [9.17, 15) is 9.59 Å². The molecule has 0 atom stereocenters. The zero-order valence-corrected chi connectivity index (χ0v) is 20.4. The monoisotopic (exact) mass is 485 g/mol. The molecule has 3 heterocycles. The molecule has 0 spiro atoms. The number of hydrogen-bond donors (Lipinski definition) is 1. The van der Waals surface area contributed by atoms with Crippen LogP contribution in [0.1, 0.15) is 53.4 Å². The Bertz CT molecular complexity index is 1130. The zero-order chi connectivity index (χ0) is 23.2. The largest absolute Gasteiger partial charge is 0.465 e. The summed E-state index contributed by atoms with van der Waals surface area (Å²) in [5, 5.41) is 12.8. The maximum atomic E-state index is 12.8. The topological polar surface area (TPSA) is 99.0 Å². The minimum absolute atomic E-state index is 0.161. The first-order chi connectivity index (χ1) is 16.1. The van der Waals surface area contributed by atoms with Crippen LogP contribution in [0, 0.1) is 0 Å². The first-order valence-electron chi connectivity index (χ1n) is 11.1. The molecule has 1 N–H and O–H groups in total. The molecule has 8 nitrogen and oxygen atoms in total. The minimum atomic E-state index is -0.386. The Morgan fingerprint density at radius 1 is 1.21 bits per heavy atom. The van der Waals surface area contributed by atoms with Crippen LogP contribution in [-0.4, -0.2) is 44.5 Å². The van der Waals surface area contributed by atoms with Crippen molar-refractivity contribution in [1.82, 2.24) is 19.7 Å². The lowest BCUT2D eigenvalue weighted by atomic mass is 9.96.